The van der Waals surface area contributed by atoms with E-state index >= 15 is 0 Å². The fraction of sp³-hybridized carbons (Fsp3) is 0.733. The van der Waals surface area contributed by atoms with Crippen molar-refractivity contribution in [2.45, 2.75) is 63.6 Å². The van der Waals surface area contributed by atoms with Crippen LogP contribution in [0.5, 0.6) is 0 Å². The van der Waals surface area contributed by atoms with Crippen molar-refractivity contribution in [2.24, 2.45) is 0 Å². The summed E-state index contributed by atoms with van der Waals surface area (Å²) in [6.45, 7) is 3.87. The van der Waals surface area contributed by atoms with Gasteiger partial charge in [0.05, 0.1) is 0 Å². The fourth-order valence-corrected chi connectivity index (χ4v) is 3.42. The summed E-state index contributed by atoms with van der Waals surface area (Å²) in [5, 5.41) is 7.04. The van der Waals surface area contributed by atoms with E-state index in [0.717, 1.165) is 32.4 Å². The zero-order chi connectivity index (χ0) is 14.0. The average molecular weight is 276 g/mol. The first-order chi connectivity index (χ1) is 9.72. The molecule has 0 bridgehead atoms. The topological polar surface area (TPSA) is 59.0 Å². The number of nitrogens with zero attached hydrogens (tertiary/aromatic N) is 2. The number of anilines is 1. The molecule has 0 amide bonds. The lowest BCUT2D eigenvalue weighted by atomic mass is 9.70. The second-order valence-corrected chi connectivity index (χ2v) is 6.17. The number of piperidine rings is 1. The van der Waals surface area contributed by atoms with Gasteiger partial charge in [0, 0.05) is 30.5 Å². The Balaban J connectivity index is 1.71. The van der Waals surface area contributed by atoms with Gasteiger partial charge in [-0.1, -0.05) is 6.92 Å². The molecular weight excluding hydrogens is 252 g/mol. The second-order valence-electron chi connectivity index (χ2n) is 6.17. The highest BCUT2D eigenvalue weighted by Gasteiger charge is 2.41. The Bertz CT molecular complexity index is 521. The molecule has 5 heteroatoms. The van der Waals surface area contributed by atoms with Crippen molar-refractivity contribution in [3.63, 3.8) is 0 Å². The van der Waals surface area contributed by atoms with Gasteiger partial charge in [-0.05, 0) is 45.1 Å². The highest BCUT2D eigenvalue weighted by Crippen LogP contribution is 2.38. The predicted octanol–water partition coefficient (Wildman–Crippen LogP) is 1.74. The summed E-state index contributed by atoms with van der Waals surface area (Å²) in [5.74, 6) is 0.516. The Morgan fingerprint density at radius 2 is 2.40 bits per heavy atom. The van der Waals surface area contributed by atoms with Crippen LogP contribution in [-0.2, 0) is 6.54 Å². The van der Waals surface area contributed by atoms with Crippen LogP contribution in [0, 0.1) is 0 Å². The zero-order valence-electron chi connectivity index (χ0n) is 12.2. The zero-order valence-corrected chi connectivity index (χ0v) is 12.2. The van der Waals surface area contributed by atoms with E-state index in [2.05, 4.69) is 22.5 Å². The molecule has 0 aromatic carbocycles. The molecule has 1 aliphatic heterocycles. The molecule has 3 rings (SSSR count). The number of aryl methyl sites for hydroxylation is 1. The number of rotatable bonds is 4. The van der Waals surface area contributed by atoms with E-state index in [1.165, 1.54) is 19.3 Å². The largest absolute Gasteiger partial charge is 0.363 e. The van der Waals surface area contributed by atoms with Crippen LogP contribution >= 0.6 is 0 Å². The Kier molecular flexibility index (Phi) is 3.78. The summed E-state index contributed by atoms with van der Waals surface area (Å²) in [6, 6.07) is 0.370. The molecule has 2 fully saturated rings. The highest BCUT2D eigenvalue weighted by molar-refractivity contribution is 5.33. The molecule has 1 aliphatic carbocycles. The Hall–Kier alpha value is -1.36. The van der Waals surface area contributed by atoms with E-state index in [-0.39, 0.29) is 5.56 Å². The lowest BCUT2D eigenvalue weighted by molar-refractivity contribution is 0.135. The molecule has 2 heterocycles. The Morgan fingerprint density at radius 1 is 1.55 bits per heavy atom. The molecule has 1 saturated heterocycles. The van der Waals surface area contributed by atoms with Crippen molar-refractivity contribution in [1.29, 1.82) is 0 Å². The molecule has 2 aliphatic rings. The van der Waals surface area contributed by atoms with E-state index in [4.69, 9.17) is 0 Å². The van der Waals surface area contributed by atoms with Crippen LogP contribution in [0.25, 0.3) is 0 Å². The molecule has 110 valence electrons. The van der Waals surface area contributed by atoms with Gasteiger partial charge in [-0.2, -0.15) is 0 Å². The van der Waals surface area contributed by atoms with E-state index in [1.807, 2.05) is 0 Å². The second kappa shape index (κ2) is 5.56. The summed E-state index contributed by atoms with van der Waals surface area (Å²) in [7, 11) is 0. The lowest BCUT2D eigenvalue weighted by Crippen LogP contribution is -2.58. The van der Waals surface area contributed by atoms with Gasteiger partial charge in [-0.3, -0.25) is 4.79 Å². The van der Waals surface area contributed by atoms with Crippen molar-refractivity contribution in [3.8, 4) is 0 Å². The van der Waals surface area contributed by atoms with E-state index in [0.29, 0.717) is 17.4 Å². The van der Waals surface area contributed by atoms with Crippen LogP contribution in [0.1, 0.15) is 45.4 Å². The van der Waals surface area contributed by atoms with Crippen molar-refractivity contribution < 1.29 is 0 Å². The molecular formula is C15H24N4O. The van der Waals surface area contributed by atoms with Gasteiger partial charge < -0.3 is 15.2 Å². The molecule has 1 atom stereocenters. The van der Waals surface area contributed by atoms with E-state index in [9.17, 15) is 4.79 Å². The minimum absolute atomic E-state index is 0.00976. The van der Waals surface area contributed by atoms with Crippen molar-refractivity contribution in [2.75, 3.05) is 11.9 Å². The molecule has 1 aromatic heterocycles. The molecule has 20 heavy (non-hydrogen) atoms. The first-order valence-electron chi connectivity index (χ1n) is 7.79. The SMILES string of the molecule is CCCn1ccnc(NC2CCNC3(CCC3)C2)c1=O. The van der Waals surface area contributed by atoms with Gasteiger partial charge in [0.2, 0.25) is 0 Å². The molecule has 1 unspecified atom stereocenters. The minimum atomic E-state index is 0.00976. The van der Waals surface area contributed by atoms with Crippen LogP contribution in [0.15, 0.2) is 17.2 Å². The monoisotopic (exact) mass is 276 g/mol. The number of aromatic nitrogens is 2. The van der Waals surface area contributed by atoms with E-state index < -0.39 is 0 Å². The molecule has 5 nitrogen and oxygen atoms in total. The third kappa shape index (κ3) is 2.59. The average Bonchev–Trinajstić information content (AvgIpc) is 2.42. The van der Waals surface area contributed by atoms with Crippen LogP contribution in [0.3, 0.4) is 0 Å². The lowest BCUT2D eigenvalue weighted by Gasteiger charge is -2.48. The maximum absolute atomic E-state index is 12.3. The molecule has 1 aromatic rings. The van der Waals surface area contributed by atoms with Crippen LogP contribution < -0.4 is 16.2 Å². The van der Waals surface area contributed by atoms with Crippen molar-refractivity contribution in [3.05, 3.63) is 22.7 Å². The Morgan fingerprint density at radius 3 is 3.10 bits per heavy atom. The van der Waals surface area contributed by atoms with Gasteiger partial charge >= 0.3 is 0 Å². The van der Waals surface area contributed by atoms with Gasteiger partial charge in [-0.15, -0.1) is 0 Å². The summed E-state index contributed by atoms with van der Waals surface area (Å²) in [4.78, 5) is 16.5. The third-order valence-electron chi connectivity index (χ3n) is 4.66. The standard InChI is InChI=1S/C15H24N4O/c1-2-9-19-10-8-16-13(14(19)20)18-12-4-7-17-15(11-12)5-3-6-15/h8,10,12,17H,2-7,9,11H2,1H3,(H,16,18). The molecule has 1 saturated carbocycles. The maximum atomic E-state index is 12.3. The van der Waals surface area contributed by atoms with Crippen LogP contribution in [0.4, 0.5) is 5.82 Å². The van der Waals surface area contributed by atoms with Gasteiger partial charge in [0.1, 0.15) is 0 Å². The third-order valence-corrected chi connectivity index (χ3v) is 4.66. The summed E-state index contributed by atoms with van der Waals surface area (Å²) in [6.07, 6.45) is 10.5. The highest BCUT2D eigenvalue weighted by atomic mass is 16.1. The molecule has 2 N–H and O–H groups in total. The molecule has 0 radical (unpaired) electrons. The normalized spacial score (nSPS) is 24.4. The van der Waals surface area contributed by atoms with Gasteiger partial charge in [0.25, 0.3) is 5.56 Å². The first kappa shape index (κ1) is 13.6. The smallest absolute Gasteiger partial charge is 0.293 e. The fourth-order valence-electron chi connectivity index (χ4n) is 3.42. The summed E-state index contributed by atoms with van der Waals surface area (Å²) in [5.41, 5.74) is 0.350. The van der Waals surface area contributed by atoms with Crippen molar-refractivity contribution in [1.82, 2.24) is 14.9 Å². The van der Waals surface area contributed by atoms with Gasteiger partial charge in [-0.25, -0.2) is 4.98 Å². The molecule has 1 spiro atoms. The minimum Gasteiger partial charge on any atom is -0.363 e. The number of hydrogen-bond acceptors (Lipinski definition) is 4. The maximum Gasteiger partial charge on any atom is 0.293 e. The van der Waals surface area contributed by atoms with E-state index in [1.54, 1.807) is 17.0 Å². The quantitative estimate of drug-likeness (QED) is 0.879. The summed E-state index contributed by atoms with van der Waals surface area (Å²) >= 11 is 0. The van der Waals surface area contributed by atoms with Crippen LogP contribution in [0.2, 0.25) is 0 Å². The summed E-state index contributed by atoms with van der Waals surface area (Å²) < 4.78 is 1.75. The van der Waals surface area contributed by atoms with Gasteiger partial charge in [0.15, 0.2) is 5.82 Å². The Labute approximate surface area is 119 Å². The number of nitrogens with one attached hydrogen (secondary N) is 2. The van der Waals surface area contributed by atoms with Crippen LogP contribution in [-0.4, -0.2) is 27.7 Å². The van der Waals surface area contributed by atoms with Crippen molar-refractivity contribution >= 4 is 5.82 Å². The first-order valence-corrected chi connectivity index (χ1v) is 7.79. The number of hydrogen-bond donors (Lipinski definition) is 2. The predicted molar refractivity (Wildman–Crippen MR) is 80.0 cm³/mol.